The summed E-state index contributed by atoms with van der Waals surface area (Å²) in [5.74, 6) is 0.415. The number of fused-ring (bicyclic) bond motifs is 1. The zero-order chi connectivity index (χ0) is 19.1. The number of phenols is 1. The summed E-state index contributed by atoms with van der Waals surface area (Å²) in [7, 11) is 1.77. The van der Waals surface area contributed by atoms with Crippen LogP contribution in [-0.4, -0.2) is 27.5 Å². The van der Waals surface area contributed by atoms with Crippen LogP contribution in [0.3, 0.4) is 0 Å². The number of amides is 1. The van der Waals surface area contributed by atoms with Gasteiger partial charge in [0, 0.05) is 36.6 Å². The highest BCUT2D eigenvalue weighted by molar-refractivity contribution is 5.96. The molecule has 0 spiro atoms. The second kappa shape index (κ2) is 6.72. The Bertz CT molecular complexity index is 999. The molecule has 140 valence electrons. The molecular formula is C22H24N2O3. The van der Waals surface area contributed by atoms with Crippen molar-refractivity contribution in [2.75, 3.05) is 7.05 Å². The predicted octanol–water partition coefficient (Wildman–Crippen LogP) is 3.51. The van der Waals surface area contributed by atoms with E-state index in [1.807, 2.05) is 11.5 Å². The Hall–Kier alpha value is -2.82. The highest BCUT2D eigenvalue weighted by Gasteiger charge is 2.30. The average Bonchev–Trinajstić information content (AvgIpc) is 3.51. The second-order valence-electron chi connectivity index (χ2n) is 7.37. The molecule has 0 atom stereocenters. The Morgan fingerprint density at radius 3 is 2.70 bits per heavy atom. The fourth-order valence-electron chi connectivity index (χ4n) is 3.96. The Labute approximate surface area is 158 Å². The summed E-state index contributed by atoms with van der Waals surface area (Å²) in [5.41, 5.74) is 4.84. The summed E-state index contributed by atoms with van der Waals surface area (Å²) in [6.45, 7) is 2.66. The van der Waals surface area contributed by atoms with Crippen LogP contribution in [0.5, 0.6) is 5.75 Å². The number of hydrogen-bond donors (Lipinski definition) is 1. The standard InChI is InChI=1S/C22H24N2O3/c1-3-24-20-10-9-16(12-19(20)18(13-21(24)26)14-7-8-14)23(2)22(27)15-5-4-6-17(25)11-15/h4-6,11-14,25H,3,7-10H2,1-2H3. The molecule has 5 nitrogen and oxygen atoms in total. The number of nitrogens with zero attached hydrogens (tertiary/aromatic N) is 2. The van der Waals surface area contributed by atoms with Gasteiger partial charge in [0.1, 0.15) is 5.75 Å². The normalized spacial score (nSPS) is 15.9. The summed E-state index contributed by atoms with van der Waals surface area (Å²) in [6.07, 6.45) is 5.80. The van der Waals surface area contributed by atoms with Gasteiger partial charge in [-0.25, -0.2) is 0 Å². The van der Waals surface area contributed by atoms with Crippen molar-refractivity contribution in [3.8, 4) is 5.75 Å². The van der Waals surface area contributed by atoms with Crippen LogP contribution in [0, 0.1) is 0 Å². The maximum atomic E-state index is 12.8. The second-order valence-corrected chi connectivity index (χ2v) is 7.37. The number of carbonyl (C=O) groups is 1. The van der Waals surface area contributed by atoms with E-state index in [4.69, 9.17) is 0 Å². The molecule has 0 radical (unpaired) electrons. The molecule has 0 bridgehead atoms. The van der Waals surface area contributed by atoms with E-state index in [0.29, 0.717) is 24.4 Å². The third kappa shape index (κ3) is 3.18. The number of benzene rings is 1. The number of hydrogen-bond acceptors (Lipinski definition) is 3. The molecule has 1 fully saturated rings. The van der Waals surface area contributed by atoms with Gasteiger partial charge in [0.25, 0.3) is 11.5 Å². The molecule has 0 saturated heterocycles. The first-order valence-electron chi connectivity index (χ1n) is 9.54. The Morgan fingerprint density at radius 1 is 1.26 bits per heavy atom. The van der Waals surface area contributed by atoms with Gasteiger partial charge in [0.15, 0.2) is 0 Å². The number of carbonyl (C=O) groups excluding carboxylic acids is 1. The Morgan fingerprint density at radius 2 is 2.04 bits per heavy atom. The summed E-state index contributed by atoms with van der Waals surface area (Å²) in [4.78, 5) is 27.0. The van der Waals surface area contributed by atoms with Crippen LogP contribution in [0.15, 0.2) is 40.8 Å². The van der Waals surface area contributed by atoms with Crippen molar-refractivity contribution in [2.24, 2.45) is 0 Å². The first kappa shape index (κ1) is 17.6. The van der Waals surface area contributed by atoms with E-state index in [0.717, 1.165) is 41.8 Å². The van der Waals surface area contributed by atoms with Gasteiger partial charge in [-0.15, -0.1) is 0 Å². The maximum Gasteiger partial charge on any atom is 0.257 e. The Kier molecular flexibility index (Phi) is 4.38. The molecule has 2 aliphatic carbocycles. The monoisotopic (exact) mass is 364 g/mol. The lowest BCUT2D eigenvalue weighted by Gasteiger charge is -2.28. The maximum absolute atomic E-state index is 12.8. The number of pyridine rings is 1. The summed E-state index contributed by atoms with van der Waals surface area (Å²) in [5, 5.41) is 9.65. The quantitative estimate of drug-likeness (QED) is 0.903. The molecule has 0 unspecified atom stereocenters. The van der Waals surface area contributed by atoms with Crippen LogP contribution < -0.4 is 5.56 Å². The molecule has 2 aromatic rings. The van der Waals surface area contributed by atoms with Gasteiger partial charge < -0.3 is 14.6 Å². The van der Waals surface area contributed by atoms with Crippen LogP contribution in [-0.2, 0) is 13.0 Å². The van der Waals surface area contributed by atoms with Crippen LogP contribution >= 0.6 is 0 Å². The van der Waals surface area contributed by atoms with Gasteiger partial charge in [0.2, 0.25) is 0 Å². The van der Waals surface area contributed by atoms with Crippen molar-refractivity contribution in [3.05, 3.63) is 68.8 Å². The summed E-state index contributed by atoms with van der Waals surface area (Å²) in [6, 6.07) is 8.21. The molecule has 2 aliphatic rings. The van der Waals surface area contributed by atoms with Crippen molar-refractivity contribution in [1.29, 1.82) is 0 Å². The molecule has 1 saturated carbocycles. The lowest BCUT2D eigenvalue weighted by molar-refractivity contribution is 0.0832. The Balaban J connectivity index is 1.74. The zero-order valence-electron chi connectivity index (χ0n) is 15.7. The molecule has 27 heavy (non-hydrogen) atoms. The third-order valence-corrected chi connectivity index (χ3v) is 5.58. The van der Waals surface area contributed by atoms with Gasteiger partial charge in [-0.3, -0.25) is 9.59 Å². The van der Waals surface area contributed by atoms with Gasteiger partial charge in [-0.1, -0.05) is 6.07 Å². The fraction of sp³-hybridized carbons (Fsp3) is 0.364. The molecule has 1 aromatic carbocycles. The topological polar surface area (TPSA) is 62.5 Å². The molecule has 0 aliphatic heterocycles. The minimum Gasteiger partial charge on any atom is -0.508 e. The van der Waals surface area contributed by atoms with Crippen LogP contribution in [0.25, 0.3) is 6.08 Å². The molecule has 1 amide bonds. The highest BCUT2D eigenvalue weighted by atomic mass is 16.3. The lowest BCUT2D eigenvalue weighted by Crippen LogP contribution is -2.30. The first-order valence-corrected chi connectivity index (χ1v) is 9.54. The minimum absolute atomic E-state index is 0.0826. The zero-order valence-corrected chi connectivity index (χ0v) is 15.7. The van der Waals surface area contributed by atoms with Crippen molar-refractivity contribution in [3.63, 3.8) is 0 Å². The first-order chi connectivity index (χ1) is 13.0. The van der Waals surface area contributed by atoms with E-state index in [-0.39, 0.29) is 17.2 Å². The van der Waals surface area contributed by atoms with Gasteiger partial charge in [-0.2, -0.15) is 0 Å². The van der Waals surface area contributed by atoms with E-state index >= 15 is 0 Å². The van der Waals surface area contributed by atoms with E-state index in [1.54, 1.807) is 36.2 Å². The van der Waals surface area contributed by atoms with E-state index in [9.17, 15) is 14.7 Å². The van der Waals surface area contributed by atoms with Crippen molar-refractivity contribution < 1.29 is 9.90 Å². The highest BCUT2D eigenvalue weighted by Crippen LogP contribution is 2.43. The van der Waals surface area contributed by atoms with Gasteiger partial charge in [-0.05, 0) is 73.9 Å². The van der Waals surface area contributed by atoms with Crippen molar-refractivity contribution in [1.82, 2.24) is 9.47 Å². The van der Waals surface area contributed by atoms with E-state index in [2.05, 4.69) is 6.08 Å². The number of aromatic hydroxyl groups is 1. The molecular weight excluding hydrogens is 340 g/mol. The van der Waals surface area contributed by atoms with Gasteiger partial charge in [0.05, 0.1) is 0 Å². The summed E-state index contributed by atoms with van der Waals surface area (Å²) >= 11 is 0. The number of aromatic nitrogens is 1. The van der Waals surface area contributed by atoms with Crippen LogP contribution in [0.2, 0.25) is 0 Å². The number of phenolic OH excluding ortho intramolecular Hbond substituents is 1. The molecule has 1 aromatic heterocycles. The largest absolute Gasteiger partial charge is 0.508 e. The van der Waals surface area contributed by atoms with Gasteiger partial charge >= 0.3 is 0 Å². The minimum atomic E-state index is -0.141. The SMILES string of the molecule is CCn1c2c(c(C3CC3)cc1=O)C=C(N(C)C(=O)c1cccc(O)c1)CC2. The number of rotatable bonds is 4. The lowest BCUT2D eigenvalue weighted by atomic mass is 9.92. The van der Waals surface area contributed by atoms with Crippen molar-refractivity contribution in [2.45, 2.75) is 45.1 Å². The molecule has 4 rings (SSSR count). The van der Waals surface area contributed by atoms with E-state index in [1.165, 1.54) is 6.07 Å². The van der Waals surface area contributed by atoms with Crippen LogP contribution in [0.4, 0.5) is 0 Å². The van der Waals surface area contributed by atoms with Crippen LogP contribution in [0.1, 0.15) is 59.3 Å². The molecule has 1 heterocycles. The van der Waals surface area contributed by atoms with Crippen molar-refractivity contribution >= 4 is 12.0 Å². The smallest absolute Gasteiger partial charge is 0.257 e. The fourth-order valence-corrected chi connectivity index (χ4v) is 3.96. The average molecular weight is 364 g/mol. The molecule has 1 N–H and O–H groups in total. The van der Waals surface area contributed by atoms with E-state index < -0.39 is 0 Å². The number of allylic oxidation sites excluding steroid dienone is 1. The summed E-state index contributed by atoms with van der Waals surface area (Å²) < 4.78 is 1.85. The predicted molar refractivity (Wildman–Crippen MR) is 105 cm³/mol. The third-order valence-electron chi connectivity index (χ3n) is 5.58. The molecule has 5 heteroatoms.